The second kappa shape index (κ2) is 8.71. The maximum Gasteiger partial charge on any atom is 0.343 e. The zero-order chi connectivity index (χ0) is 22.8. The summed E-state index contributed by atoms with van der Waals surface area (Å²) in [5.74, 6) is 0.787. The number of hydrogen-bond donors (Lipinski definition) is 0. The molecule has 162 valence electrons. The summed E-state index contributed by atoms with van der Waals surface area (Å²) in [4.78, 5) is 25.4. The Balaban J connectivity index is 1.60. The SMILES string of the molecule is Cc1ccc(C(=O)Oc2ccc3c(=O)c(Oc4ccccc4C(C)C)coc3c2)cc1C. The lowest BCUT2D eigenvalue weighted by atomic mass is 10.0. The Morgan fingerprint density at radius 1 is 0.906 bits per heavy atom. The van der Waals surface area contributed by atoms with Gasteiger partial charge in [0.05, 0.1) is 10.9 Å². The molecule has 1 aromatic heterocycles. The second-order valence-electron chi connectivity index (χ2n) is 8.07. The van der Waals surface area contributed by atoms with Crippen LogP contribution in [0.1, 0.15) is 46.8 Å². The molecule has 1 heterocycles. The monoisotopic (exact) mass is 428 g/mol. The molecule has 0 fully saturated rings. The van der Waals surface area contributed by atoms with Gasteiger partial charge in [0.15, 0.2) is 0 Å². The lowest BCUT2D eigenvalue weighted by Crippen LogP contribution is -2.10. The molecular weight excluding hydrogens is 404 g/mol. The number of para-hydroxylation sites is 1. The number of esters is 1. The Morgan fingerprint density at radius 2 is 1.69 bits per heavy atom. The van der Waals surface area contributed by atoms with E-state index in [4.69, 9.17) is 13.9 Å². The summed E-state index contributed by atoms with van der Waals surface area (Å²) >= 11 is 0. The predicted molar refractivity (Wildman–Crippen MR) is 124 cm³/mol. The second-order valence-corrected chi connectivity index (χ2v) is 8.07. The molecule has 0 N–H and O–H groups in total. The highest BCUT2D eigenvalue weighted by Crippen LogP contribution is 2.30. The maximum atomic E-state index is 12.9. The quantitative estimate of drug-likeness (QED) is 0.267. The molecule has 5 nitrogen and oxygen atoms in total. The Labute approximate surface area is 186 Å². The van der Waals surface area contributed by atoms with Crippen LogP contribution in [-0.4, -0.2) is 5.97 Å². The summed E-state index contributed by atoms with van der Waals surface area (Å²) in [5.41, 5.74) is 3.59. The van der Waals surface area contributed by atoms with Crippen molar-refractivity contribution in [1.29, 1.82) is 0 Å². The summed E-state index contributed by atoms with van der Waals surface area (Å²) in [5, 5.41) is 0.343. The minimum atomic E-state index is -0.472. The van der Waals surface area contributed by atoms with Crippen LogP contribution in [0.4, 0.5) is 0 Å². The first kappa shape index (κ1) is 21.4. The van der Waals surface area contributed by atoms with E-state index in [1.807, 2.05) is 44.2 Å². The number of fused-ring (bicyclic) bond motifs is 1. The molecular formula is C27H24O5. The van der Waals surface area contributed by atoms with E-state index in [9.17, 15) is 9.59 Å². The van der Waals surface area contributed by atoms with Gasteiger partial charge in [-0.25, -0.2) is 4.79 Å². The number of ether oxygens (including phenoxy) is 2. The van der Waals surface area contributed by atoms with Crippen LogP contribution in [0.5, 0.6) is 17.2 Å². The average molecular weight is 428 g/mol. The van der Waals surface area contributed by atoms with E-state index >= 15 is 0 Å². The van der Waals surface area contributed by atoms with E-state index in [-0.39, 0.29) is 17.1 Å². The Kier molecular flexibility index (Phi) is 5.82. The molecule has 0 radical (unpaired) electrons. The first-order valence-electron chi connectivity index (χ1n) is 10.5. The topological polar surface area (TPSA) is 65.7 Å². The summed E-state index contributed by atoms with van der Waals surface area (Å²) in [7, 11) is 0. The highest BCUT2D eigenvalue weighted by molar-refractivity contribution is 5.92. The molecule has 32 heavy (non-hydrogen) atoms. The molecule has 4 rings (SSSR count). The number of hydrogen-bond acceptors (Lipinski definition) is 5. The van der Waals surface area contributed by atoms with Crippen molar-refractivity contribution in [3.8, 4) is 17.2 Å². The van der Waals surface area contributed by atoms with Gasteiger partial charge in [0.1, 0.15) is 23.3 Å². The third-order valence-electron chi connectivity index (χ3n) is 5.43. The van der Waals surface area contributed by atoms with Crippen LogP contribution in [0.25, 0.3) is 11.0 Å². The Bertz CT molecular complexity index is 1360. The van der Waals surface area contributed by atoms with Crippen LogP contribution < -0.4 is 14.9 Å². The summed E-state index contributed by atoms with van der Waals surface area (Å²) in [6, 6.07) is 17.7. The smallest absolute Gasteiger partial charge is 0.343 e. The molecule has 0 aliphatic heterocycles. The van der Waals surface area contributed by atoms with Crippen LogP contribution in [0.3, 0.4) is 0 Å². The molecule has 0 aliphatic carbocycles. The van der Waals surface area contributed by atoms with Crippen LogP contribution in [0.2, 0.25) is 0 Å². The highest BCUT2D eigenvalue weighted by atomic mass is 16.5. The van der Waals surface area contributed by atoms with Crippen molar-refractivity contribution < 1.29 is 18.7 Å². The molecule has 5 heteroatoms. The van der Waals surface area contributed by atoms with Crippen LogP contribution >= 0.6 is 0 Å². The normalized spacial score (nSPS) is 11.0. The average Bonchev–Trinajstić information content (AvgIpc) is 2.77. The molecule has 0 atom stereocenters. The van der Waals surface area contributed by atoms with Crippen LogP contribution in [0.15, 0.2) is 76.1 Å². The van der Waals surface area contributed by atoms with E-state index < -0.39 is 5.97 Å². The van der Waals surface area contributed by atoms with Gasteiger partial charge in [-0.15, -0.1) is 0 Å². The van der Waals surface area contributed by atoms with Crippen molar-refractivity contribution in [1.82, 2.24) is 0 Å². The molecule has 0 bridgehead atoms. The fourth-order valence-corrected chi connectivity index (χ4v) is 3.43. The van der Waals surface area contributed by atoms with Crippen molar-refractivity contribution in [3.05, 3.63) is 99.4 Å². The number of carbonyl (C=O) groups excluding carboxylic acids is 1. The molecule has 4 aromatic rings. The van der Waals surface area contributed by atoms with Gasteiger partial charge in [0, 0.05) is 6.07 Å². The zero-order valence-electron chi connectivity index (χ0n) is 18.5. The zero-order valence-corrected chi connectivity index (χ0v) is 18.5. The summed E-state index contributed by atoms with van der Waals surface area (Å²) < 4.78 is 17.0. The van der Waals surface area contributed by atoms with Crippen LogP contribution in [-0.2, 0) is 0 Å². The van der Waals surface area contributed by atoms with Gasteiger partial charge in [-0.05, 0) is 66.8 Å². The maximum absolute atomic E-state index is 12.9. The minimum absolute atomic E-state index is 0.102. The Morgan fingerprint density at radius 3 is 2.44 bits per heavy atom. The van der Waals surface area contributed by atoms with Crippen molar-refractivity contribution in [2.24, 2.45) is 0 Å². The van der Waals surface area contributed by atoms with Gasteiger partial charge in [-0.3, -0.25) is 4.79 Å². The van der Waals surface area contributed by atoms with Crippen molar-refractivity contribution in [2.45, 2.75) is 33.6 Å². The molecule has 3 aromatic carbocycles. The number of carbonyl (C=O) groups is 1. The number of rotatable bonds is 5. The van der Waals surface area contributed by atoms with Gasteiger partial charge in [-0.1, -0.05) is 38.1 Å². The molecule has 0 saturated carbocycles. The minimum Gasteiger partial charge on any atom is -0.460 e. The van der Waals surface area contributed by atoms with Crippen molar-refractivity contribution in [2.75, 3.05) is 0 Å². The number of benzene rings is 3. The molecule has 0 spiro atoms. The summed E-state index contributed by atoms with van der Waals surface area (Å²) in [6.07, 6.45) is 1.29. The van der Waals surface area contributed by atoms with Gasteiger partial charge < -0.3 is 13.9 Å². The first-order valence-corrected chi connectivity index (χ1v) is 10.5. The van der Waals surface area contributed by atoms with E-state index in [1.165, 1.54) is 12.3 Å². The molecule has 0 amide bonds. The Hall–Kier alpha value is -3.86. The molecule has 0 aliphatic rings. The third-order valence-corrected chi connectivity index (χ3v) is 5.43. The van der Waals surface area contributed by atoms with Crippen molar-refractivity contribution in [3.63, 3.8) is 0 Å². The predicted octanol–water partition coefficient (Wildman–Crippen LogP) is 6.54. The lowest BCUT2D eigenvalue weighted by molar-refractivity contribution is 0.0735. The van der Waals surface area contributed by atoms with Gasteiger partial charge in [0.25, 0.3) is 0 Å². The third kappa shape index (κ3) is 4.28. The largest absolute Gasteiger partial charge is 0.460 e. The van der Waals surface area contributed by atoms with Crippen molar-refractivity contribution >= 4 is 16.9 Å². The van der Waals surface area contributed by atoms with Gasteiger partial charge in [-0.2, -0.15) is 0 Å². The van der Waals surface area contributed by atoms with E-state index in [0.29, 0.717) is 28.0 Å². The van der Waals surface area contributed by atoms with E-state index in [0.717, 1.165) is 16.7 Å². The fourth-order valence-electron chi connectivity index (χ4n) is 3.43. The van der Waals surface area contributed by atoms with Gasteiger partial charge >= 0.3 is 5.97 Å². The fraction of sp³-hybridized carbons (Fsp3) is 0.185. The lowest BCUT2D eigenvalue weighted by Gasteiger charge is -2.13. The number of aryl methyl sites for hydroxylation is 2. The van der Waals surface area contributed by atoms with E-state index in [2.05, 4.69) is 13.8 Å². The summed E-state index contributed by atoms with van der Waals surface area (Å²) in [6.45, 7) is 8.04. The van der Waals surface area contributed by atoms with Gasteiger partial charge in [0.2, 0.25) is 11.2 Å². The molecule has 0 saturated heterocycles. The standard InChI is InChI=1S/C27H24O5/c1-16(2)21-7-5-6-8-23(21)32-25-15-30-24-14-20(11-12-22(24)26(25)28)31-27(29)19-10-9-17(3)18(4)13-19/h5-16H,1-4H3. The van der Waals surface area contributed by atoms with E-state index in [1.54, 1.807) is 24.3 Å². The van der Waals surface area contributed by atoms with Crippen LogP contribution in [0, 0.1) is 13.8 Å². The first-order chi connectivity index (χ1) is 15.3. The highest BCUT2D eigenvalue weighted by Gasteiger charge is 2.15. The molecule has 0 unspecified atom stereocenters.